The average Bonchev–Trinajstić information content (AvgIpc) is 2.92. The van der Waals surface area contributed by atoms with Crippen LogP contribution in [0, 0.1) is 0 Å². The second-order valence-electron chi connectivity index (χ2n) is 9.24. The second-order valence-corrected chi connectivity index (χ2v) is 9.24. The highest BCUT2D eigenvalue weighted by Crippen LogP contribution is 2.09. The fourth-order valence-electron chi connectivity index (χ4n) is 2.79. The van der Waals surface area contributed by atoms with Crippen molar-refractivity contribution >= 4 is 6.09 Å². The van der Waals surface area contributed by atoms with Crippen LogP contribution in [-0.2, 0) is 38.0 Å². The van der Waals surface area contributed by atoms with Crippen molar-refractivity contribution in [1.82, 2.24) is 9.96 Å². The summed E-state index contributed by atoms with van der Waals surface area (Å²) in [6.45, 7) is 13.4. The van der Waals surface area contributed by atoms with Crippen molar-refractivity contribution in [2.24, 2.45) is 10.2 Å². The molecule has 0 saturated heterocycles. The molecule has 0 aromatic carbocycles. The lowest BCUT2D eigenvalue weighted by Gasteiger charge is -2.24. The van der Waals surface area contributed by atoms with Crippen LogP contribution < -0.4 is 0 Å². The fraction of sp³-hybridized carbons (Fsp3) is 0.958. The van der Waals surface area contributed by atoms with Crippen LogP contribution >= 0.6 is 0 Å². The average molecular weight is 593 g/mol. The van der Waals surface area contributed by atoms with Gasteiger partial charge in [0.1, 0.15) is 5.60 Å². The molecule has 41 heavy (non-hydrogen) atoms. The molecule has 0 spiro atoms. The number of azide groups is 2. The molecule has 0 heterocycles. The molecule has 17 nitrogen and oxygen atoms in total. The summed E-state index contributed by atoms with van der Waals surface area (Å²) in [6.07, 6.45) is -0.563. The number of rotatable bonds is 28. The van der Waals surface area contributed by atoms with E-state index in [0.717, 1.165) is 5.06 Å². The summed E-state index contributed by atoms with van der Waals surface area (Å²) in [5.41, 5.74) is 15.9. The maximum atomic E-state index is 11.8. The zero-order chi connectivity index (χ0) is 30.4. The standard InChI is InChI=1S/C24H48N8O9/c1-24(2,3)41-23(33)31(4)40-22-21-39-20-19-38-14-9-32(7-12-36-17-15-34-10-5-27-29-25)8-13-37-18-16-35-11-6-28-30-26/h5-22H2,1-4H3. The number of ether oxygens (including phenoxy) is 7. The normalized spacial score (nSPS) is 11.2. The van der Waals surface area contributed by atoms with Crippen LogP contribution in [0.1, 0.15) is 20.8 Å². The highest BCUT2D eigenvalue weighted by atomic mass is 16.7. The molecule has 0 aromatic rings. The van der Waals surface area contributed by atoms with E-state index in [2.05, 4.69) is 25.0 Å². The summed E-state index contributed by atoms with van der Waals surface area (Å²) in [5.74, 6) is 0. The molecule has 0 N–H and O–H groups in total. The molecule has 0 aromatic heterocycles. The first-order valence-corrected chi connectivity index (χ1v) is 13.6. The number of carbonyl (C=O) groups is 1. The van der Waals surface area contributed by atoms with Gasteiger partial charge in [-0.25, -0.2) is 4.79 Å². The van der Waals surface area contributed by atoms with Gasteiger partial charge in [-0.1, -0.05) is 10.2 Å². The molecule has 238 valence electrons. The molecule has 0 aliphatic heterocycles. The Labute approximate surface area is 242 Å². The predicted octanol–water partition coefficient (Wildman–Crippen LogP) is 2.81. The van der Waals surface area contributed by atoms with Crippen LogP contribution in [0.5, 0.6) is 0 Å². The number of carbonyl (C=O) groups excluding carboxylic acids is 1. The number of hydroxylamine groups is 2. The monoisotopic (exact) mass is 592 g/mol. The van der Waals surface area contributed by atoms with Gasteiger partial charge in [0.2, 0.25) is 0 Å². The predicted molar refractivity (Wildman–Crippen MR) is 149 cm³/mol. The molecule has 0 saturated carbocycles. The Hall–Kier alpha value is -2.43. The first-order valence-electron chi connectivity index (χ1n) is 13.6. The lowest BCUT2D eigenvalue weighted by molar-refractivity contribution is -0.143. The first kappa shape index (κ1) is 38.6. The summed E-state index contributed by atoms with van der Waals surface area (Å²) in [7, 11) is 1.49. The number of nitrogens with zero attached hydrogens (tertiary/aromatic N) is 8. The third-order valence-corrected chi connectivity index (χ3v) is 4.73. The number of hydrogen-bond acceptors (Lipinski definition) is 12. The Morgan fingerprint density at radius 3 is 1.39 bits per heavy atom. The van der Waals surface area contributed by atoms with Crippen LogP contribution in [0.2, 0.25) is 0 Å². The summed E-state index contributed by atoms with van der Waals surface area (Å²) in [5, 5.41) is 7.85. The van der Waals surface area contributed by atoms with E-state index in [-0.39, 0.29) is 6.61 Å². The van der Waals surface area contributed by atoms with Gasteiger partial charge >= 0.3 is 6.09 Å². The van der Waals surface area contributed by atoms with Crippen molar-refractivity contribution in [2.75, 3.05) is 126 Å². The van der Waals surface area contributed by atoms with E-state index < -0.39 is 11.7 Å². The summed E-state index contributed by atoms with van der Waals surface area (Å²) < 4.78 is 38.3. The molecule has 1 amide bonds. The van der Waals surface area contributed by atoms with Gasteiger partial charge in [0.15, 0.2) is 0 Å². The quantitative estimate of drug-likeness (QED) is 0.0428. The summed E-state index contributed by atoms with van der Waals surface area (Å²) in [4.78, 5) is 24.6. The van der Waals surface area contributed by atoms with Gasteiger partial charge in [0, 0.05) is 49.6 Å². The molecule has 0 unspecified atom stereocenters. The Morgan fingerprint density at radius 2 is 1.00 bits per heavy atom. The molecule has 0 rings (SSSR count). The minimum atomic E-state index is -0.590. The largest absolute Gasteiger partial charge is 0.442 e. The van der Waals surface area contributed by atoms with Crippen molar-refractivity contribution in [3.63, 3.8) is 0 Å². The minimum absolute atomic E-state index is 0.210. The third-order valence-electron chi connectivity index (χ3n) is 4.73. The molecular weight excluding hydrogens is 544 g/mol. The minimum Gasteiger partial charge on any atom is -0.442 e. The molecule has 0 aliphatic carbocycles. The van der Waals surface area contributed by atoms with Crippen molar-refractivity contribution in [3.8, 4) is 0 Å². The second kappa shape index (κ2) is 27.7. The van der Waals surface area contributed by atoms with Gasteiger partial charge < -0.3 is 33.2 Å². The molecule has 0 aliphatic rings. The molecule has 17 heteroatoms. The van der Waals surface area contributed by atoms with E-state index in [0.29, 0.717) is 112 Å². The number of hydrogen-bond donors (Lipinski definition) is 0. The van der Waals surface area contributed by atoms with Crippen LogP contribution in [0.25, 0.3) is 20.9 Å². The lowest BCUT2D eigenvalue weighted by Crippen LogP contribution is -2.35. The van der Waals surface area contributed by atoms with E-state index in [9.17, 15) is 4.79 Å². The van der Waals surface area contributed by atoms with E-state index in [1.807, 2.05) is 0 Å². The molecule has 0 atom stereocenters. The van der Waals surface area contributed by atoms with Gasteiger partial charge in [0.25, 0.3) is 0 Å². The van der Waals surface area contributed by atoms with Gasteiger partial charge in [-0.05, 0) is 31.8 Å². The van der Waals surface area contributed by atoms with Gasteiger partial charge in [0.05, 0.1) is 85.9 Å². The topological polar surface area (TPSA) is 195 Å². The Balaban J connectivity index is 4.05. The third kappa shape index (κ3) is 28.9. The summed E-state index contributed by atoms with van der Waals surface area (Å²) in [6, 6.07) is 0. The molecular formula is C24H48N8O9. The van der Waals surface area contributed by atoms with E-state index in [1.165, 1.54) is 7.05 Å². The first-order chi connectivity index (χ1) is 19.8. The van der Waals surface area contributed by atoms with Crippen LogP contribution in [-0.4, -0.2) is 147 Å². The van der Waals surface area contributed by atoms with Crippen molar-refractivity contribution in [1.29, 1.82) is 0 Å². The van der Waals surface area contributed by atoms with Gasteiger partial charge in [-0.3, -0.25) is 9.74 Å². The lowest BCUT2D eigenvalue weighted by atomic mass is 10.2. The van der Waals surface area contributed by atoms with Crippen LogP contribution in [0.4, 0.5) is 4.79 Å². The van der Waals surface area contributed by atoms with Crippen LogP contribution in [0.3, 0.4) is 0 Å². The molecule has 0 bridgehead atoms. The SMILES string of the molecule is CN(OCCOCCOCCN(CCOCCOCCN=[N+]=[N-])CCOCCOCCN=[N+]=[N-])C(=O)OC(C)(C)C. The maximum absolute atomic E-state index is 11.8. The zero-order valence-electron chi connectivity index (χ0n) is 25.0. The summed E-state index contributed by atoms with van der Waals surface area (Å²) >= 11 is 0. The van der Waals surface area contributed by atoms with E-state index in [4.69, 9.17) is 49.1 Å². The highest BCUT2D eigenvalue weighted by molar-refractivity contribution is 5.66. The highest BCUT2D eigenvalue weighted by Gasteiger charge is 2.20. The van der Waals surface area contributed by atoms with Crippen molar-refractivity contribution < 1.29 is 42.8 Å². The molecule has 0 radical (unpaired) electrons. The van der Waals surface area contributed by atoms with Gasteiger partial charge in [-0.15, -0.1) is 0 Å². The van der Waals surface area contributed by atoms with Crippen molar-refractivity contribution in [2.45, 2.75) is 26.4 Å². The maximum Gasteiger partial charge on any atom is 0.434 e. The van der Waals surface area contributed by atoms with Gasteiger partial charge in [-0.2, -0.15) is 5.06 Å². The van der Waals surface area contributed by atoms with Crippen molar-refractivity contribution in [3.05, 3.63) is 20.9 Å². The zero-order valence-corrected chi connectivity index (χ0v) is 25.0. The van der Waals surface area contributed by atoms with Crippen LogP contribution in [0.15, 0.2) is 10.2 Å². The molecule has 0 fully saturated rings. The van der Waals surface area contributed by atoms with E-state index >= 15 is 0 Å². The number of amides is 1. The Bertz CT molecular complexity index is 698. The Kier molecular flexibility index (Phi) is 26.1. The fourth-order valence-corrected chi connectivity index (χ4v) is 2.79. The van der Waals surface area contributed by atoms with E-state index in [1.54, 1.807) is 20.8 Å². The Morgan fingerprint density at radius 1 is 0.634 bits per heavy atom. The smallest absolute Gasteiger partial charge is 0.434 e.